The second kappa shape index (κ2) is 7.07. The number of rotatable bonds is 4. The molecule has 118 valence electrons. The van der Waals surface area contributed by atoms with Crippen molar-refractivity contribution in [2.45, 2.75) is 13.8 Å². The fraction of sp³-hybridized carbons (Fsp3) is 0.118. The third-order valence-corrected chi connectivity index (χ3v) is 3.76. The van der Waals surface area contributed by atoms with Gasteiger partial charge in [-0.05, 0) is 49.2 Å². The number of nitro benzene ring substituents is 1. The normalized spacial score (nSPS) is 10.7. The van der Waals surface area contributed by atoms with Gasteiger partial charge in [-0.25, -0.2) is 4.79 Å². The molecule has 0 unspecified atom stereocenters. The lowest BCUT2D eigenvalue weighted by molar-refractivity contribution is -0.385. The van der Waals surface area contributed by atoms with Crippen LogP contribution >= 0.6 is 11.6 Å². The van der Waals surface area contributed by atoms with Gasteiger partial charge in [-0.15, -0.1) is 0 Å². The van der Waals surface area contributed by atoms with Gasteiger partial charge in [-0.1, -0.05) is 23.7 Å². The van der Waals surface area contributed by atoms with Gasteiger partial charge < -0.3 is 4.74 Å². The average molecular weight is 332 g/mol. The van der Waals surface area contributed by atoms with Gasteiger partial charge in [-0.2, -0.15) is 0 Å². The topological polar surface area (TPSA) is 69.4 Å². The lowest BCUT2D eigenvalue weighted by Gasteiger charge is -2.07. The number of nitro groups is 1. The molecule has 0 radical (unpaired) electrons. The van der Waals surface area contributed by atoms with Crippen LogP contribution in [-0.2, 0) is 4.79 Å². The van der Waals surface area contributed by atoms with E-state index < -0.39 is 10.9 Å². The number of esters is 1. The SMILES string of the molecule is Cc1cc(OC(=O)C=Cc2ccccc2[N+](=O)[O-])cc(C)c1Cl. The maximum atomic E-state index is 11.9. The molecule has 0 amide bonds. The summed E-state index contributed by atoms with van der Waals surface area (Å²) in [6.45, 7) is 3.63. The van der Waals surface area contributed by atoms with E-state index in [1.807, 2.05) is 13.8 Å². The largest absolute Gasteiger partial charge is 0.423 e. The van der Waals surface area contributed by atoms with Gasteiger partial charge in [0.15, 0.2) is 0 Å². The van der Waals surface area contributed by atoms with Gasteiger partial charge in [0.05, 0.1) is 10.5 Å². The maximum absolute atomic E-state index is 11.9. The van der Waals surface area contributed by atoms with Crippen LogP contribution in [0.1, 0.15) is 16.7 Å². The molecule has 0 saturated heterocycles. The summed E-state index contributed by atoms with van der Waals surface area (Å²) in [5.41, 5.74) is 1.86. The van der Waals surface area contributed by atoms with Crippen LogP contribution in [0.5, 0.6) is 5.75 Å². The Morgan fingerprint density at radius 3 is 2.43 bits per heavy atom. The molecule has 0 aromatic heterocycles. The molecule has 6 heteroatoms. The van der Waals surface area contributed by atoms with Crippen LogP contribution < -0.4 is 4.74 Å². The maximum Gasteiger partial charge on any atom is 0.336 e. The first kappa shape index (κ1) is 16.7. The minimum Gasteiger partial charge on any atom is -0.423 e. The molecule has 0 aliphatic heterocycles. The Bertz CT molecular complexity index is 776. The third-order valence-electron chi connectivity index (χ3n) is 3.16. The highest BCUT2D eigenvalue weighted by molar-refractivity contribution is 6.32. The van der Waals surface area contributed by atoms with E-state index in [-0.39, 0.29) is 5.69 Å². The van der Waals surface area contributed by atoms with Gasteiger partial charge in [0.2, 0.25) is 0 Å². The van der Waals surface area contributed by atoms with E-state index in [9.17, 15) is 14.9 Å². The third kappa shape index (κ3) is 4.17. The van der Waals surface area contributed by atoms with Gasteiger partial charge in [-0.3, -0.25) is 10.1 Å². The molecular formula is C17H14ClNO4. The number of nitrogens with zero attached hydrogens (tertiary/aromatic N) is 1. The summed E-state index contributed by atoms with van der Waals surface area (Å²) in [6, 6.07) is 9.46. The number of aryl methyl sites for hydroxylation is 2. The van der Waals surface area contributed by atoms with E-state index in [0.717, 1.165) is 17.2 Å². The molecule has 0 atom stereocenters. The Hall–Kier alpha value is -2.66. The van der Waals surface area contributed by atoms with Crippen LogP contribution in [0.15, 0.2) is 42.5 Å². The number of halogens is 1. The minimum atomic E-state index is -0.621. The highest BCUT2D eigenvalue weighted by Gasteiger charge is 2.11. The summed E-state index contributed by atoms with van der Waals surface area (Å²) < 4.78 is 5.20. The zero-order valence-electron chi connectivity index (χ0n) is 12.6. The molecule has 2 rings (SSSR count). The summed E-state index contributed by atoms with van der Waals surface area (Å²) in [5.74, 6) is -0.245. The lowest BCUT2D eigenvalue weighted by atomic mass is 10.1. The fourth-order valence-electron chi connectivity index (χ4n) is 2.07. The van der Waals surface area contributed by atoms with E-state index >= 15 is 0 Å². The van der Waals surface area contributed by atoms with Crippen molar-refractivity contribution in [3.8, 4) is 5.75 Å². The molecule has 0 N–H and O–H groups in total. The predicted molar refractivity (Wildman–Crippen MR) is 88.7 cm³/mol. The van der Waals surface area contributed by atoms with Gasteiger partial charge in [0, 0.05) is 17.2 Å². The Morgan fingerprint density at radius 1 is 1.22 bits per heavy atom. The lowest BCUT2D eigenvalue weighted by Crippen LogP contribution is -2.04. The molecule has 0 aliphatic carbocycles. The van der Waals surface area contributed by atoms with Crippen LogP contribution in [0.2, 0.25) is 5.02 Å². The van der Waals surface area contributed by atoms with Crippen LogP contribution in [0, 0.1) is 24.0 Å². The molecule has 0 heterocycles. The molecule has 0 saturated carbocycles. The Balaban J connectivity index is 2.16. The van der Waals surface area contributed by atoms with Crippen LogP contribution in [0.25, 0.3) is 6.08 Å². The van der Waals surface area contributed by atoms with Crippen LogP contribution in [0.3, 0.4) is 0 Å². The van der Waals surface area contributed by atoms with E-state index in [0.29, 0.717) is 16.3 Å². The van der Waals surface area contributed by atoms with Crippen molar-refractivity contribution in [2.24, 2.45) is 0 Å². The smallest absolute Gasteiger partial charge is 0.336 e. The number of hydrogen-bond donors (Lipinski definition) is 0. The first-order chi connectivity index (χ1) is 10.9. The Labute approximate surface area is 138 Å². The molecule has 0 spiro atoms. The summed E-state index contributed by atoms with van der Waals surface area (Å²) in [4.78, 5) is 22.3. The van der Waals surface area contributed by atoms with Crippen molar-refractivity contribution >= 4 is 29.3 Å². The molecule has 0 bridgehead atoms. The van der Waals surface area contributed by atoms with Crippen molar-refractivity contribution in [1.29, 1.82) is 0 Å². The number of benzene rings is 2. The number of para-hydroxylation sites is 1. The highest BCUT2D eigenvalue weighted by atomic mass is 35.5. The molecule has 2 aromatic rings. The zero-order chi connectivity index (χ0) is 17.0. The van der Waals surface area contributed by atoms with Crippen molar-refractivity contribution in [2.75, 3.05) is 0 Å². The molecular weight excluding hydrogens is 318 g/mol. The first-order valence-corrected chi connectivity index (χ1v) is 7.16. The summed E-state index contributed by atoms with van der Waals surface area (Å²) in [7, 11) is 0. The average Bonchev–Trinajstić information content (AvgIpc) is 2.50. The molecule has 5 nitrogen and oxygen atoms in total. The molecule has 2 aromatic carbocycles. The van der Waals surface area contributed by atoms with E-state index in [1.165, 1.54) is 12.1 Å². The molecule has 0 aliphatic rings. The fourth-order valence-corrected chi connectivity index (χ4v) is 2.18. The quantitative estimate of drug-likeness (QED) is 0.272. The van der Waals surface area contributed by atoms with Gasteiger partial charge in [0.1, 0.15) is 5.75 Å². The summed E-state index contributed by atoms with van der Waals surface area (Å²) in [6.07, 6.45) is 2.51. The van der Waals surface area contributed by atoms with Crippen LogP contribution in [-0.4, -0.2) is 10.9 Å². The van der Waals surface area contributed by atoms with Crippen molar-refractivity contribution < 1.29 is 14.5 Å². The second-order valence-corrected chi connectivity index (χ2v) is 5.32. The van der Waals surface area contributed by atoms with E-state index in [4.69, 9.17) is 16.3 Å². The standard InChI is InChI=1S/C17H14ClNO4/c1-11-9-14(10-12(2)17(11)18)23-16(20)8-7-13-5-3-4-6-15(13)19(21)22/h3-10H,1-2H3. The summed E-state index contributed by atoms with van der Waals surface area (Å²) >= 11 is 6.06. The second-order valence-electron chi connectivity index (χ2n) is 4.94. The first-order valence-electron chi connectivity index (χ1n) is 6.78. The van der Waals surface area contributed by atoms with E-state index in [1.54, 1.807) is 30.3 Å². The Morgan fingerprint density at radius 2 is 1.83 bits per heavy atom. The van der Waals surface area contributed by atoms with Crippen LogP contribution in [0.4, 0.5) is 5.69 Å². The number of hydrogen-bond acceptors (Lipinski definition) is 4. The number of carbonyl (C=O) groups is 1. The minimum absolute atomic E-state index is 0.0743. The molecule has 0 fully saturated rings. The number of ether oxygens (including phenoxy) is 1. The zero-order valence-corrected chi connectivity index (χ0v) is 13.3. The molecule has 23 heavy (non-hydrogen) atoms. The summed E-state index contributed by atoms with van der Waals surface area (Å²) in [5, 5.41) is 11.5. The van der Waals surface area contributed by atoms with Gasteiger partial charge in [0.25, 0.3) is 5.69 Å². The van der Waals surface area contributed by atoms with Crippen molar-refractivity contribution in [1.82, 2.24) is 0 Å². The van der Waals surface area contributed by atoms with Crippen molar-refractivity contribution in [3.63, 3.8) is 0 Å². The Kier molecular flexibility index (Phi) is 5.13. The van der Waals surface area contributed by atoms with Gasteiger partial charge >= 0.3 is 5.97 Å². The number of carbonyl (C=O) groups excluding carboxylic acids is 1. The van der Waals surface area contributed by atoms with E-state index in [2.05, 4.69) is 0 Å². The van der Waals surface area contributed by atoms with Crippen molar-refractivity contribution in [3.05, 3.63) is 74.3 Å². The monoisotopic (exact) mass is 331 g/mol. The predicted octanol–water partition coefficient (Wildman–Crippen LogP) is 4.48. The highest BCUT2D eigenvalue weighted by Crippen LogP contribution is 2.26.